The molecule has 0 atom stereocenters. The number of pyridine rings is 1. The van der Waals surface area contributed by atoms with Crippen LogP contribution in [0.15, 0.2) is 67.0 Å². The van der Waals surface area contributed by atoms with Crippen molar-refractivity contribution in [3.63, 3.8) is 0 Å². The van der Waals surface area contributed by atoms with Crippen molar-refractivity contribution >= 4 is 22.7 Å². The Morgan fingerprint density at radius 1 is 0.971 bits per heavy atom. The van der Waals surface area contributed by atoms with E-state index in [2.05, 4.69) is 25.3 Å². The van der Waals surface area contributed by atoms with Crippen molar-refractivity contribution in [2.75, 3.05) is 5.32 Å². The van der Waals surface area contributed by atoms with E-state index in [-0.39, 0.29) is 17.3 Å². The summed E-state index contributed by atoms with van der Waals surface area (Å²) in [4.78, 5) is 14.6. The monoisotopic (exact) mass is 468 g/mol. The Bertz CT molecular complexity index is 1470. The molecule has 0 unspecified atom stereocenters. The molecule has 0 amide bonds. The summed E-state index contributed by atoms with van der Waals surface area (Å²) in [6, 6.07) is 14.3. The average molecular weight is 468 g/mol. The molecule has 34 heavy (non-hydrogen) atoms. The van der Waals surface area contributed by atoms with Crippen molar-refractivity contribution in [3.05, 3.63) is 78.5 Å². The molecule has 0 radical (unpaired) electrons. The number of anilines is 2. The van der Waals surface area contributed by atoms with E-state index in [4.69, 9.17) is 4.74 Å². The summed E-state index contributed by atoms with van der Waals surface area (Å²) in [5, 5.41) is 3.14. The van der Waals surface area contributed by atoms with Crippen LogP contribution in [0.4, 0.5) is 29.2 Å². The van der Waals surface area contributed by atoms with Crippen LogP contribution in [0.5, 0.6) is 11.5 Å². The molecule has 0 saturated heterocycles. The number of imidazole rings is 2. The largest absolute Gasteiger partial charge is 0.457 e. The Balaban J connectivity index is 1.38. The molecule has 3 aromatic heterocycles. The molecule has 0 aliphatic heterocycles. The number of benzene rings is 2. The van der Waals surface area contributed by atoms with Crippen LogP contribution in [0, 0.1) is 5.82 Å². The van der Waals surface area contributed by atoms with Gasteiger partial charge in [0.25, 0.3) is 0 Å². The van der Waals surface area contributed by atoms with Gasteiger partial charge in [-0.15, -0.1) is 0 Å². The van der Waals surface area contributed by atoms with Gasteiger partial charge in [-0.25, -0.2) is 14.4 Å². The smallest absolute Gasteiger partial charge is 0.432 e. The van der Waals surface area contributed by atoms with Crippen molar-refractivity contribution < 1.29 is 22.3 Å². The highest BCUT2D eigenvalue weighted by Gasteiger charge is 2.33. The fourth-order valence-electron chi connectivity index (χ4n) is 3.35. The average Bonchev–Trinajstić information content (AvgIpc) is 3.41. The fraction of sp³-hybridized carbons (Fsp3) is 0.0870. The Morgan fingerprint density at radius 3 is 2.47 bits per heavy atom. The molecular weight excluding hydrogens is 452 g/mol. The summed E-state index contributed by atoms with van der Waals surface area (Å²) >= 11 is 0. The summed E-state index contributed by atoms with van der Waals surface area (Å²) in [6.45, 7) is 0. The van der Waals surface area contributed by atoms with Crippen LogP contribution in [0.3, 0.4) is 0 Å². The number of aromatic amines is 1. The van der Waals surface area contributed by atoms with Crippen LogP contribution in [0.25, 0.3) is 22.6 Å². The van der Waals surface area contributed by atoms with Gasteiger partial charge >= 0.3 is 6.18 Å². The Kier molecular flexibility index (Phi) is 5.16. The lowest BCUT2D eigenvalue weighted by molar-refractivity contribution is -0.140. The number of H-pyrrole nitrogens is 1. The predicted molar refractivity (Wildman–Crippen MR) is 117 cm³/mol. The number of hydrogen-bond acceptors (Lipinski definition) is 5. The molecule has 0 saturated carbocycles. The first-order valence-corrected chi connectivity index (χ1v) is 10.0. The lowest BCUT2D eigenvalue weighted by Gasteiger charge is -2.07. The number of nitrogens with one attached hydrogen (secondary N) is 2. The number of aryl methyl sites for hydroxylation is 1. The second-order valence-corrected chi connectivity index (χ2v) is 7.40. The van der Waals surface area contributed by atoms with Crippen LogP contribution in [0.1, 0.15) is 5.69 Å². The molecule has 5 aromatic rings. The fourth-order valence-corrected chi connectivity index (χ4v) is 3.35. The van der Waals surface area contributed by atoms with Crippen molar-refractivity contribution in [2.24, 2.45) is 7.05 Å². The second kappa shape index (κ2) is 8.18. The highest BCUT2D eigenvalue weighted by atomic mass is 19.4. The summed E-state index contributed by atoms with van der Waals surface area (Å²) in [5.74, 6) is 1.06. The minimum atomic E-state index is -4.53. The number of aromatic nitrogens is 5. The molecule has 0 bridgehead atoms. The third-order valence-corrected chi connectivity index (χ3v) is 5.04. The second-order valence-electron chi connectivity index (χ2n) is 7.40. The van der Waals surface area contributed by atoms with Crippen molar-refractivity contribution in [3.8, 4) is 23.0 Å². The first-order valence-electron chi connectivity index (χ1n) is 10.0. The molecular formula is C23H16F4N6O. The molecule has 7 nitrogen and oxygen atoms in total. The minimum Gasteiger partial charge on any atom is -0.457 e. The lowest BCUT2D eigenvalue weighted by Crippen LogP contribution is -2.04. The van der Waals surface area contributed by atoms with E-state index < -0.39 is 11.9 Å². The summed E-state index contributed by atoms with van der Waals surface area (Å²) in [6.07, 6.45) is -2.39. The first-order chi connectivity index (χ1) is 16.3. The van der Waals surface area contributed by atoms with Gasteiger partial charge in [0.15, 0.2) is 5.82 Å². The van der Waals surface area contributed by atoms with Gasteiger partial charge in [0.1, 0.15) is 28.7 Å². The van der Waals surface area contributed by atoms with Crippen molar-refractivity contribution in [2.45, 2.75) is 6.18 Å². The summed E-state index contributed by atoms with van der Waals surface area (Å²) < 4.78 is 59.4. The summed E-state index contributed by atoms with van der Waals surface area (Å²) in [7, 11) is 1.84. The third kappa shape index (κ3) is 4.27. The van der Waals surface area contributed by atoms with E-state index in [0.29, 0.717) is 28.7 Å². The van der Waals surface area contributed by atoms with E-state index in [9.17, 15) is 17.6 Å². The Labute approximate surface area is 190 Å². The van der Waals surface area contributed by atoms with Gasteiger partial charge in [-0.05, 0) is 42.5 Å². The van der Waals surface area contributed by atoms with Crippen molar-refractivity contribution in [1.82, 2.24) is 24.5 Å². The zero-order chi connectivity index (χ0) is 23.9. The molecule has 0 spiro atoms. The van der Waals surface area contributed by atoms with E-state index in [1.54, 1.807) is 30.3 Å². The maximum atomic E-state index is 13.1. The first kappa shape index (κ1) is 21.4. The topological polar surface area (TPSA) is 80.7 Å². The Hall–Kier alpha value is -4.41. The van der Waals surface area contributed by atoms with E-state index >= 15 is 0 Å². The Morgan fingerprint density at radius 2 is 1.74 bits per heavy atom. The number of rotatable bonds is 5. The molecule has 0 fully saturated rings. The molecule has 3 heterocycles. The van der Waals surface area contributed by atoms with Gasteiger partial charge in [-0.1, -0.05) is 0 Å². The maximum absolute atomic E-state index is 13.1. The number of nitrogens with zero attached hydrogens (tertiary/aromatic N) is 4. The van der Waals surface area contributed by atoms with Crippen LogP contribution >= 0.6 is 0 Å². The highest BCUT2D eigenvalue weighted by Crippen LogP contribution is 2.31. The number of fused-ring (bicyclic) bond motifs is 1. The molecule has 0 aliphatic carbocycles. The van der Waals surface area contributed by atoms with Gasteiger partial charge in [0, 0.05) is 31.1 Å². The standard InChI is InChI=1S/C23H16F4N6O/c1-33-19-7-6-15(10-17(19)31-22(33)30-14-4-2-13(24)3-5-14)34-16-8-9-28-18(11-16)21-29-12-20(32-21)23(25,26)27/h2-12H,1H3,(H,29,32)(H,30,31). The number of ether oxygens (including phenoxy) is 1. The number of hydrogen-bond donors (Lipinski definition) is 2. The van der Waals surface area contributed by atoms with Gasteiger partial charge in [0.2, 0.25) is 5.95 Å². The molecule has 2 N–H and O–H groups in total. The number of halogens is 4. The maximum Gasteiger partial charge on any atom is 0.432 e. The van der Waals surface area contributed by atoms with Crippen molar-refractivity contribution in [1.29, 1.82) is 0 Å². The molecule has 2 aromatic carbocycles. The predicted octanol–water partition coefficient (Wildman–Crippen LogP) is 6.05. The van der Waals surface area contributed by atoms with Gasteiger partial charge in [-0.2, -0.15) is 13.2 Å². The van der Waals surface area contributed by atoms with Crippen LogP contribution < -0.4 is 10.1 Å². The van der Waals surface area contributed by atoms with E-state index in [0.717, 1.165) is 11.7 Å². The minimum absolute atomic E-state index is 0.0190. The zero-order valence-electron chi connectivity index (χ0n) is 17.6. The lowest BCUT2D eigenvalue weighted by atomic mass is 10.3. The van der Waals surface area contributed by atoms with Crippen LogP contribution in [-0.2, 0) is 13.2 Å². The normalized spacial score (nSPS) is 11.7. The van der Waals surface area contributed by atoms with E-state index in [1.165, 1.54) is 24.4 Å². The molecule has 172 valence electrons. The highest BCUT2D eigenvalue weighted by molar-refractivity contribution is 5.81. The SMILES string of the molecule is Cn1c(Nc2ccc(F)cc2)nc2cc(Oc3ccnc(-c4ncc(C(F)(F)F)[nH]4)c3)ccc21. The van der Waals surface area contributed by atoms with Gasteiger partial charge in [0.05, 0.1) is 17.2 Å². The zero-order valence-corrected chi connectivity index (χ0v) is 17.6. The summed E-state index contributed by atoms with van der Waals surface area (Å²) in [5.41, 5.74) is 1.42. The number of alkyl halides is 3. The molecule has 11 heteroatoms. The third-order valence-electron chi connectivity index (χ3n) is 5.04. The van der Waals surface area contributed by atoms with Crippen LogP contribution in [0.2, 0.25) is 0 Å². The van der Waals surface area contributed by atoms with Gasteiger partial charge in [-0.3, -0.25) is 4.98 Å². The quantitative estimate of drug-likeness (QED) is 0.307. The van der Waals surface area contributed by atoms with E-state index in [1.807, 2.05) is 17.7 Å². The molecule has 0 aliphatic rings. The van der Waals surface area contributed by atoms with Crippen LogP contribution in [-0.4, -0.2) is 24.5 Å². The molecule has 5 rings (SSSR count). The van der Waals surface area contributed by atoms with Gasteiger partial charge < -0.3 is 19.6 Å².